The molecule has 0 bridgehead atoms. The summed E-state index contributed by atoms with van der Waals surface area (Å²) in [6.45, 7) is 4.82. The molecule has 0 aromatic rings. The second-order valence-electron chi connectivity index (χ2n) is 11.0. The fourth-order valence-corrected chi connectivity index (χ4v) is 8.23. The number of nitrogens with two attached hydrogens (primary N) is 1. The van der Waals surface area contributed by atoms with Crippen LogP contribution in [0.4, 0.5) is 0 Å². The summed E-state index contributed by atoms with van der Waals surface area (Å²) < 4.78 is 0. The van der Waals surface area contributed by atoms with Gasteiger partial charge in [-0.05, 0) is 105 Å². The van der Waals surface area contributed by atoms with Crippen molar-refractivity contribution in [3.05, 3.63) is 0 Å². The van der Waals surface area contributed by atoms with Gasteiger partial charge in [-0.1, -0.05) is 13.8 Å². The van der Waals surface area contributed by atoms with Crippen LogP contribution in [0.3, 0.4) is 0 Å². The van der Waals surface area contributed by atoms with Crippen molar-refractivity contribution in [2.45, 2.75) is 96.2 Å². The number of aliphatic hydroxyl groups is 2. The number of aliphatic hydroxyl groups excluding tert-OH is 1. The number of nitrogens with zero attached hydrogens (tertiary/aromatic N) is 1. The predicted molar refractivity (Wildman–Crippen MR) is 115 cm³/mol. The minimum absolute atomic E-state index is 0.00656. The van der Waals surface area contributed by atoms with Gasteiger partial charge in [-0.3, -0.25) is 5.41 Å². The van der Waals surface area contributed by atoms with Gasteiger partial charge in [0.05, 0.1) is 11.7 Å². The lowest BCUT2D eigenvalue weighted by molar-refractivity contribution is -0.210. The van der Waals surface area contributed by atoms with Crippen LogP contribution in [0.5, 0.6) is 0 Å². The van der Waals surface area contributed by atoms with Gasteiger partial charge in [0.25, 0.3) is 0 Å². The molecule has 4 aliphatic rings. The van der Waals surface area contributed by atoms with Crippen molar-refractivity contribution in [3.63, 3.8) is 0 Å². The summed E-state index contributed by atoms with van der Waals surface area (Å²) in [7, 11) is 0. The Labute approximate surface area is 175 Å². The molecule has 4 fully saturated rings. The van der Waals surface area contributed by atoms with E-state index < -0.39 is 5.60 Å². The molecule has 0 amide bonds. The largest absolute Gasteiger partial charge is 0.393 e. The maximum absolute atomic E-state index is 12.1. The molecule has 0 saturated heterocycles. The van der Waals surface area contributed by atoms with E-state index in [-0.39, 0.29) is 17.5 Å². The first-order valence-electron chi connectivity index (χ1n) is 11.7. The normalized spacial score (nSPS) is 49.3. The topological polar surface area (TPSA) is 115 Å². The van der Waals surface area contributed by atoms with E-state index in [1.807, 2.05) is 6.21 Å². The van der Waals surface area contributed by atoms with E-state index in [1.54, 1.807) is 0 Å². The molecule has 4 aliphatic carbocycles. The van der Waals surface area contributed by atoms with Crippen LogP contribution in [0.1, 0.15) is 84.5 Å². The summed E-state index contributed by atoms with van der Waals surface area (Å²) in [5.41, 5.74) is 7.48. The zero-order valence-corrected chi connectivity index (χ0v) is 18.2. The Morgan fingerprint density at radius 2 is 1.93 bits per heavy atom. The number of guanidine groups is 1. The number of hydrogen-bond acceptors (Lipinski definition) is 4. The van der Waals surface area contributed by atoms with Crippen LogP contribution >= 0.6 is 0 Å². The number of hydrogen-bond donors (Lipinski definition) is 5. The zero-order valence-electron chi connectivity index (χ0n) is 18.2. The third-order valence-electron chi connectivity index (χ3n) is 9.94. The first kappa shape index (κ1) is 21.1. The van der Waals surface area contributed by atoms with Gasteiger partial charge in [-0.25, -0.2) is 5.43 Å². The Kier molecular flexibility index (Phi) is 5.48. The zero-order chi connectivity index (χ0) is 20.9. The predicted octanol–water partition coefficient (Wildman–Crippen LogP) is 3.37. The van der Waals surface area contributed by atoms with Gasteiger partial charge in [0.1, 0.15) is 0 Å². The lowest BCUT2D eigenvalue weighted by Gasteiger charge is -2.63. The summed E-state index contributed by atoms with van der Waals surface area (Å²) in [6, 6.07) is 0. The van der Waals surface area contributed by atoms with E-state index in [9.17, 15) is 10.2 Å². The number of rotatable bonds is 4. The highest BCUT2D eigenvalue weighted by atomic mass is 16.3. The molecule has 0 spiro atoms. The summed E-state index contributed by atoms with van der Waals surface area (Å²) in [5, 5.41) is 33.5. The number of fused-ring (bicyclic) bond motifs is 5. The molecule has 0 aromatic heterocycles. The van der Waals surface area contributed by atoms with E-state index >= 15 is 0 Å². The Morgan fingerprint density at radius 1 is 1.14 bits per heavy atom. The first-order chi connectivity index (χ1) is 13.7. The standard InChI is InChI=1S/C23H40N4O2/c1-21-10-8-17(28)14-16(21)5-6-19-18(21)9-11-22(2)15(7-12-23(19,22)29)4-3-13-26-27-20(24)25/h13,15-19,28-29H,3-12,14H2,1-2H3,(H4,24,25,27)/b26-13-/t15?,16?,17?,18-,19-,21+,22-,23-/m1/s1. The minimum atomic E-state index is -0.542. The quantitative estimate of drug-likeness (QED) is 0.281. The van der Waals surface area contributed by atoms with E-state index in [1.165, 1.54) is 12.8 Å². The van der Waals surface area contributed by atoms with E-state index in [0.29, 0.717) is 29.1 Å². The molecule has 164 valence electrons. The Hall–Kier alpha value is -1.14. The Balaban J connectivity index is 1.48. The van der Waals surface area contributed by atoms with Gasteiger partial charge in [0, 0.05) is 6.21 Å². The highest BCUT2D eigenvalue weighted by Crippen LogP contribution is 2.69. The Morgan fingerprint density at radius 3 is 2.69 bits per heavy atom. The highest BCUT2D eigenvalue weighted by Gasteiger charge is 2.66. The molecule has 6 nitrogen and oxygen atoms in total. The van der Waals surface area contributed by atoms with Crippen molar-refractivity contribution in [3.8, 4) is 0 Å². The number of hydrazone groups is 1. The highest BCUT2D eigenvalue weighted by molar-refractivity contribution is 5.75. The van der Waals surface area contributed by atoms with Crippen molar-refractivity contribution in [2.24, 2.45) is 45.3 Å². The van der Waals surface area contributed by atoms with Crippen molar-refractivity contribution < 1.29 is 10.2 Å². The van der Waals surface area contributed by atoms with Crippen molar-refractivity contribution in [1.29, 1.82) is 5.41 Å². The van der Waals surface area contributed by atoms with Gasteiger partial charge in [-0.2, -0.15) is 5.10 Å². The third kappa shape index (κ3) is 3.31. The lowest BCUT2D eigenvalue weighted by Crippen LogP contribution is -2.62. The minimum Gasteiger partial charge on any atom is -0.393 e. The summed E-state index contributed by atoms with van der Waals surface area (Å²) >= 11 is 0. The van der Waals surface area contributed by atoms with Gasteiger partial charge >= 0.3 is 0 Å². The molecular formula is C23H40N4O2. The Bertz CT molecular complexity index is 669. The van der Waals surface area contributed by atoms with Crippen molar-refractivity contribution in [2.75, 3.05) is 0 Å². The fourth-order valence-electron chi connectivity index (χ4n) is 8.23. The smallest absolute Gasteiger partial charge is 0.206 e. The van der Waals surface area contributed by atoms with Crippen LogP contribution in [0, 0.1) is 39.9 Å². The first-order valence-corrected chi connectivity index (χ1v) is 11.7. The molecule has 0 aromatic carbocycles. The summed E-state index contributed by atoms with van der Waals surface area (Å²) in [5.74, 6) is 2.03. The van der Waals surface area contributed by atoms with E-state index in [2.05, 4.69) is 24.4 Å². The van der Waals surface area contributed by atoms with Crippen LogP contribution in [0.15, 0.2) is 5.10 Å². The summed E-state index contributed by atoms with van der Waals surface area (Å²) in [4.78, 5) is 0. The van der Waals surface area contributed by atoms with Crippen LogP contribution < -0.4 is 11.2 Å². The number of nitrogens with one attached hydrogen (secondary N) is 2. The molecule has 0 radical (unpaired) electrons. The monoisotopic (exact) mass is 404 g/mol. The second kappa shape index (κ2) is 7.52. The van der Waals surface area contributed by atoms with Gasteiger partial charge in [0.15, 0.2) is 0 Å². The maximum Gasteiger partial charge on any atom is 0.206 e. The van der Waals surface area contributed by atoms with Gasteiger partial charge in [-0.15, -0.1) is 0 Å². The molecule has 0 aliphatic heterocycles. The van der Waals surface area contributed by atoms with Crippen LogP contribution in [0.2, 0.25) is 0 Å². The van der Waals surface area contributed by atoms with E-state index in [0.717, 1.165) is 57.8 Å². The molecule has 3 unspecified atom stereocenters. The van der Waals surface area contributed by atoms with Gasteiger partial charge < -0.3 is 15.9 Å². The van der Waals surface area contributed by atoms with Crippen LogP contribution in [0.25, 0.3) is 0 Å². The van der Waals surface area contributed by atoms with Crippen molar-refractivity contribution >= 4 is 12.2 Å². The van der Waals surface area contributed by atoms with Gasteiger partial charge in [0.2, 0.25) is 5.96 Å². The molecule has 6 N–H and O–H groups in total. The fraction of sp³-hybridized carbons (Fsp3) is 0.913. The molecule has 4 saturated carbocycles. The molecule has 8 atom stereocenters. The molecule has 6 heteroatoms. The van der Waals surface area contributed by atoms with Crippen molar-refractivity contribution in [1.82, 2.24) is 5.43 Å². The molecule has 29 heavy (non-hydrogen) atoms. The maximum atomic E-state index is 12.1. The van der Waals surface area contributed by atoms with Crippen LogP contribution in [-0.4, -0.2) is 34.1 Å². The average Bonchev–Trinajstić information content (AvgIpc) is 2.93. The average molecular weight is 405 g/mol. The SMILES string of the molecule is C[C@]12CCC(O)CC1CC[C@@H]1[C@H]2CC[C@]2(C)C(CC/C=N\NC(=N)N)CC[C@@]12O. The van der Waals surface area contributed by atoms with E-state index in [4.69, 9.17) is 11.1 Å². The molecule has 4 rings (SSSR count). The molecule has 0 heterocycles. The second-order valence-corrected chi connectivity index (χ2v) is 11.0. The summed E-state index contributed by atoms with van der Waals surface area (Å²) in [6.07, 6.45) is 13.3. The third-order valence-corrected chi connectivity index (χ3v) is 9.94. The molecular weight excluding hydrogens is 364 g/mol. The lowest BCUT2D eigenvalue weighted by atomic mass is 9.43. The van der Waals surface area contributed by atoms with Crippen LogP contribution in [-0.2, 0) is 0 Å².